The number of morpholine rings is 1. The van der Waals surface area contributed by atoms with E-state index in [-0.39, 0.29) is 0 Å². The summed E-state index contributed by atoms with van der Waals surface area (Å²) in [6.07, 6.45) is 6.63. The first kappa shape index (κ1) is 13.9. The van der Waals surface area contributed by atoms with Gasteiger partial charge in [-0.15, -0.1) is 0 Å². The van der Waals surface area contributed by atoms with Crippen molar-refractivity contribution in [2.24, 2.45) is 0 Å². The maximum atomic E-state index is 5.80. The molecular weight excluding hydrogens is 274 g/mol. The summed E-state index contributed by atoms with van der Waals surface area (Å²) in [5, 5.41) is 0. The minimum absolute atomic E-state index is 0.369. The van der Waals surface area contributed by atoms with Gasteiger partial charge >= 0.3 is 0 Å². The number of thiocarbonyl (C=S) groups is 1. The van der Waals surface area contributed by atoms with Gasteiger partial charge in [0, 0.05) is 34.9 Å². The Balaban J connectivity index is 1.59. The molecule has 1 aliphatic heterocycles. The van der Waals surface area contributed by atoms with Gasteiger partial charge in [-0.25, -0.2) is 4.31 Å². The molecule has 1 saturated heterocycles. The second-order valence-corrected chi connectivity index (χ2v) is 7.11. The van der Waals surface area contributed by atoms with Crippen LogP contribution in [0.4, 0.5) is 0 Å². The highest BCUT2D eigenvalue weighted by Gasteiger charge is 2.18. The average Bonchev–Trinajstić information content (AvgIpc) is 2.39. The molecular formula is C11H19NO2S3. The molecule has 1 heterocycles. The first-order valence-electron chi connectivity index (χ1n) is 6.22. The molecule has 0 atom stereocenters. The van der Waals surface area contributed by atoms with E-state index in [4.69, 9.17) is 21.7 Å². The van der Waals surface area contributed by atoms with E-state index in [0.717, 1.165) is 26.3 Å². The molecule has 0 N–H and O–H groups in total. The minimum Gasteiger partial charge on any atom is -0.475 e. The standard InChI is InChI=1S/C11H19NO2S3/c15-11(14-10-4-2-1-3-5-10)16-17-12-6-8-13-9-7-12/h10H,1-9H2. The van der Waals surface area contributed by atoms with Crippen molar-refractivity contribution in [3.8, 4) is 0 Å². The van der Waals surface area contributed by atoms with Gasteiger partial charge < -0.3 is 9.47 Å². The zero-order chi connectivity index (χ0) is 11.9. The van der Waals surface area contributed by atoms with Crippen LogP contribution >= 0.6 is 34.0 Å². The third-order valence-corrected chi connectivity index (χ3v) is 5.85. The molecule has 17 heavy (non-hydrogen) atoms. The largest absolute Gasteiger partial charge is 0.475 e. The summed E-state index contributed by atoms with van der Waals surface area (Å²) in [7, 11) is 3.27. The first-order chi connectivity index (χ1) is 8.34. The summed E-state index contributed by atoms with van der Waals surface area (Å²) in [5.41, 5.74) is 0. The van der Waals surface area contributed by atoms with E-state index in [2.05, 4.69) is 4.31 Å². The van der Waals surface area contributed by atoms with Crippen molar-refractivity contribution in [2.45, 2.75) is 38.2 Å². The van der Waals surface area contributed by atoms with Gasteiger partial charge in [0.2, 0.25) is 4.38 Å². The lowest BCUT2D eigenvalue weighted by atomic mass is 9.98. The molecule has 0 radical (unpaired) electrons. The monoisotopic (exact) mass is 293 g/mol. The molecule has 0 aromatic heterocycles. The fraction of sp³-hybridized carbons (Fsp3) is 0.909. The number of hydrogen-bond donors (Lipinski definition) is 0. The Morgan fingerprint density at radius 2 is 1.88 bits per heavy atom. The normalized spacial score (nSPS) is 23.5. The molecule has 0 unspecified atom stereocenters. The molecule has 6 heteroatoms. The number of hydrogen-bond acceptors (Lipinski definition) is 6. The SMILES string of the molecule is S=C(OC1CCCCC1)SSN1CCOCC1. The van der Waals surface area contributed by atoms with Gasteiger partial charge in [0.25, 0.3) is 0 Å². The second-order valence-electron chi connectivity index (χ2n) is 4.33. The van der Waals surface area contributed by atoms with E-state index >= 15 is 0 Å². The Morgan fingerprint density at radius 1 is 1.18 bits per heavy atom. The van der Waals surface area contributed by atoms with Crippen LogP contribution in [0.1, 0.15) is 32.1 Å². The molecule has 0 amide bonds. The van der Waals surface area contributed by atoms with E-state index in [1.165, 1.54) is 32.1 Å². The molecule has 0 spiro atoms. The van der Waals surface area contributed by atoms with Gasteiger partial charge in [0.05, 0.1) is 13.2 Å². The fourth-order valence-electron chi connectivity index (χ4n) is 2.04. The third-order valence-electron chi connectivity index (χ3n) is 3.00. The van der Waals surface area contributed by atoms with E-state index in [1.807, 2.05) is 0 Å². The Morgan fingerprint density at radius 3 is 2.59 bits per heavy atom. The topological polar surface area (TPSA) is 21.7 Å². The quantitative estimate of drug-likeness (QED) is 0.449. The van der Waals surface area contributed by atoms with Crippen LogP contribution in [0.15, 0.2) is 0 Å². The molecule has 2 rings (SSSR count). The smallest absolute Gasteiger partial charge is 0.232 e. The van der Waals surface area contributed by atoms with Crippen molar-refractivity contribution in [2.75, 3.05) is 26.3 Å². The van der Waals surface area contributed by atoms with E-state index < -0.39 is 0 Å². The predicted octanol–water partition coefficient (Wildman–Crippen LogP) is 3.25. The second kappa shape index (κ2) is 7.84. The highest BCUT2D eigenvalue weighted by Crippen LogP contribution is 2.30. The van der Waals surface area contributed by atoms with Crippen LogP contribution in [0.2, 0.25) is 0 Å². The van der Waals surface area contributed by atoms with Crippen LogP contribution < -0.4 is 0 Å². The summed E-state index contributed by atoms with van der Waals surface area (Å²) in [4.78, 5) is 0. The Labute approximate surface area is 117 Å². The Kier molecular flexibility index (Phi) is 6.42. The highest BCUT2D eigenvalue weighted by atomic mass is 33.1. The van der Waals surface area contributed by atoms with E-state index in [9.17, 15) is 0 Å². The average molecular weight is 293 g/mol. The molecule has 1 saturated carbocycles. The lowest BCUT2D eigenvalue weighted by molar-refractivity contribution is 0.0779. The van der Waals surface area contributed by atoms with Crippen LogP contribution in [-0.4, -0.2) is 41.1 Å². The lowest BCUT2D eigenvalue weighted by Crippen LogP contribution is -2.30. The van der Waals surface area contributed by atoms with E-state index in [1.54, 1.807) is 21.8 Å². The van der Waals surface area contributed by atoms with Gasteiger partial charge in [-0.2, -0.15) is 0 Å². The zero-order valence-corrected chi connectivity index (χ0v) is 12.4. The van der Waals surface area contributed by atoms with Crippen molar-refractivity contribution >= 4 is 38.4 Å². The molecule has 0 aromatic rings. The summed E-state index contributed by atoms with van der Waals surface area (Å²) in [6.45, 7) is 3.60. The van der Waals surface area contributed by atoms with Gasteiger partial charge in [0.15, 0.2) is 0 Å². The molecule has 0 bridgehead atoms. The molecule has 1 aliphatic carbocycles. The Hall–Kier alpha value is 0.510. The molecule has 2 aliphatic rings. The molecule has 98 valence electrons. The van der Waals surface area contributed by atoms with Crippen molar-refractivity contribution in [1.29, 1.82) is 0 Å². The van der Waals surface area contributed by atoms with Crippen molar-refractivity contribution < 1.29 is 9.47 Å². The van der Waals surface area contributed by atoms with Gasteiger partial charge in [-0.1, -0.05) is 6.42 Å². The third kappa shape index (κ3) is 5.34. The Bertz CT molecular complexity index is 241. The van der Waals surface area contributed by atoms with Crippen LogP contribution in [0, 0.1) is 0 Å². The summed E-state index contributed by atoms with van der Waals surface area (Å²) in [5.74, 6) is 0. The summed E-state index contributed by atoms with van der Waals surface area (Å²) in [6, 6.07) is 0. The van der Waals surface area contributed by atoms with Crippen molar-refractivity contribution in [3.05, 3.63) is 0 Å². The highest BCUT2D eigenvalue weighted by molar-refractivity contribution is 8.82. The van der Waals surface area contributed by atoms with Gasteiger partial charge in [-0.05, 0) is 37.9 Å². The minimum atomic E-state index is 0.369. The van der Waals surface area contributed by atoms with Gasteiger partial charge in [0.1, 0.15) is 6.10 Å². The van der Waals surface area contributed by atoms with Crippen LogP contribution in [0.3, 0.4) is 0 Å². The summed E-state index contributed by atoms with van der Waals surface area (Å²) >= 11 is 5.27. The number of ether oxygens (including phenoxy) is 2. The summed E-state index contributed by atoms with van der Waals surface area (Å²) < 4.78 is 14.1. The van der Waals surface area contributed by atoms with Crippen molar-refractivity contribution in [3.63, 3.8) is 0 Å². The molecule has 3 nitrogen and oxygen atoms in total. The van der Waals surface area contributed by atoms with Crippen LogP contribution in [0.5, 0.6) is 0 Å². The zero-order valence-electron chi connectivity index (χ0n) is 9.93. The molecule has 2 fully saturated rings. The number of nitrogens with zero attached hydrogens (tertiary/aromatic N) is 1. The fourth-order valence-corrected chi connectivity index (χ4v) is 4.16. The van der Waals surface area contributed by atoms with Crippen LogP contribution in [0.25, 0.3) is 0 Å². The predicted molar refractivity (Wildman–Crippen MR) is 78.1 cm³/mol. The van der Waals surface area contributed by atoms with E-state index in [0.29, 0.717) is 10.5 Å². The molecule has 0 aromatic carbocycles. The number of rotatable bonds is 3. The maximum absolute atomic E-state index is 5.80. The maximum Gasteiger partial charge on any atom is 0.232 e. The lowest BCUT2D eigenvalue weighted by Gasteiger charge is -2.26. The van der Waals surface area contributed by atoms with Gasteiger partial charge in [-0.3, -0.25) is 0 Å². The van der Waals surface area contributed by atoms with Crippen molar-refractivity contribution in [1.82, 2.24) is 4.31 Å². The first-order valence-corrected chi connectivity index (χ1v) is 8.74. The van der Waals surface area contributed by atoms with Crippen LogP contribution in [-0.2, 0) is 9.47 Å².